The number of rotatable bonds is 5. The van der Waals surface area contributed by atoms with Gasteiger partial charge in [-0.25, -0.2) is 5.43 Å². The van der Waals surface area contributed by atoms with Crippen LogP contribution in [-0.4, -0.2) is 18.7 Å². The summed E-state index contributed by atoms with van der Waals surface area (Å²) in [6, 6.07) is 20.7. The average molecular weight is 368 g/mol. The summed E-state index contributed by atoms with van der Waals surface area (Å²) >= 11 is 0. The van der Waals surface area contributed by atoms with E-state index in [1.807, 2.05) is 48.5 Å². The molecule has 1 heterocycles. The third kappa shape index (κ3) is 3.57. The molecule has 0 aliphatic carbocycles. The first-order valence-corrected chi connectivity index (χ1v) is 8.65. The SMILES string of the molecule is C#CCOc1ccc(/C=N\NC(=O)c2cc3c(ccc4ccccc43)o2)cc1. The van der Waals surface area contributed by atoms with Gasteiger partial charge in [-0.3, -0.25) is 4.79 Å². The Bertz CT molecular complexity index is 1210. The highest BCUT2D eigenvalue weighted by Gasteiger charge is 2.13. The minimum atomic E-state index is -0.412. The van der Waals surface area contributed by atoms with Gasteiger partial charge in [-0.05, 0) is 52.7 Å². The first-order chi connectivity index (χ1) is 13.7. The number of fused-ring (bicyclic) bond motifs is 3. The highest BCUT2D eigenvalue weighted by molar-refractivity contribution is 6.08. The lowest BCUT2D eigenvalue weighted by molar-refractivity contribution is 0.0929. The average Bonchev–Trinajstić information content (AvgIpc) is 3.18. The molecule has 0 saturated heterocycles. The second-order valence-electron chi connectivity index (χ2n) is 6.07. The number of terminal acetylenes is 1. The van der Waals surface area contributed by atoms with Crippen molar-refractivity contribution < 1.29 is 13.9 Å². The number of ether oxygens (including phenoxy) is 1. The lowest BCUT2D eigenvalue weighted by Gasteiger charge is -2.01. The fourth-order valence-corrected chi connectivity index (χ4v) is 2.90. The molecule has 4 rings (SSSR count). The van der Waals surface area contributed by atoms with E-state index in [0.29, 0.717) is 11.3 Å². The van der Waals surface area contributed by atoms with Gasteiger partial charge in [-0.2, -0.15) is 5.10 Å². The molecule has 5 nitrogen and oxygen atoms in total. The number of furan rings is 1. The van der Waals surface area contributed by atoms with Gasteiger partial charge in [-0.15, -0.1) is 6.42 Å². The first kappa shape index (κ1) is 17.4. The Morgan fingerprint density at radius 3 is 2.75 bits per heavy atom. The molecule has 4 aromatic rings. The van der Waals surface area contributed by atoms with E-state index in [0.717, 1.165) is 21.7 Å². The number of hydrazone groups is 1. The molecule has 28 heavy (non-hydrogen) atoms. The van der Waals surface area contributed by atoms with Gasteiger partial charge in [0.05, 0.1) is 6.21 Å². The highest BCUT2D eigenvalue weighted by Crippen LogP contribution is 2.28. The predicted octanol–water partition coefficient (Wildman–Crippen LogP) is 4.36. The maximum absolute atomic E-state index is 12.4. The Labute approximate surface area is 161 Å². The molecular weight excluding hydrogens is 352 g/mol. The lowest BCUT2D eigenvalue weighted by Crippen LogP contribution is -2.16. The zero-order valence-corrected chi connectivity index (χ0v) is 14.9. The van der Waals surface area contributed by atoms with Crippen LogP contribution in [0, 0.1) is 12.3 Å². The summed E-state index contributed by atoms with van der Waals surface area (Å²) in [5.41, 5.74) is 3.96. The van der Waals surface area contributed by atoms with Crippen LogP contribution in [0.1, 0.15) is 16.1 Å². The van der Waals surface area contributed by atoms with Gasteiger partial charge in [0.25, 0.3) is 0 Å². The van der Waals surface area contributed by atoms with Crippen LogP contribution in [0.3, 0.4) is 0 Å². The molecule has 1 aromatic heterocycles. The quantitative estimate of drug-likeness (QED) is 0.323. The molecule has 0 aliphatic heterocycles. The summed E-state index contributed by atoms with van der Waals surface area (Å²) in [4.78, 5) is 12.4. The summed E-state index contributed by atoms with van der Waals surface area (Å²) in [6.45, 7) is 0.219. The molecule has 1 N–H and O–H groups in total. The fraction of sp³-hybridized carbons (Fsp3) is 0.0435. The molecule has 0 aliphatic rings. The van der Waals surface area contributed by atoms with Gasteiger partial charge < -0.3 is 9.15 Å². The van der Waals surface area contributed by atoms with Crippen molar-refractivity contribution in [1.82, 2.24) is 5.43 Å². The molecular formula is C23H16N2O3. The number of nitrogens with zero attached hydrogens (tertiary/aromatic N) is 1. The van der Waals surface area contributed by atoms with Crippen molar-refractivity contribution in [1.29, 1.82) is 0 Å². The molecule has 1 amide bonds. The van der Waals surface area contributed by atoms with Crippen LogP contribution in [0.15, 0.2) is 76.2 Å². The van der Waals surface area contributed by atoms with Gasteiger partial charge >= 0.3 is 5.91 Å². The maximum Gasteiger partial charge on any atom is 0.307 e. The molecule has 5 heteroatoms. The van der Waals surface area contributed by atoms with E-state index in [1.54, 1.807) is 24.4 Å². The molecule has 0 bridgehead atoms. The Kier molecular flexibility index (Phi) is 4.77. The Morgan fingerprint density at radius 2 is 1.93 bits per heavy atom. The smallest absolute Gasteiger partial charge is 0.307 e. The molecule has 0 unspecified atom stereocenters. The van der Waals surface area contributed by atoms with Crippen LogP contribution < -0.4 is 10.2 Å². The minimum absolute atomic E-state index is 0.210. The molecule has 0 fully saturated rings. The van der Waals surface area contributed by atoms with Crippen LogP contribution in [0.4, 0.5) is 0 Å². The van der Waals surface area contributed by atoms with Crippen molar-refractivity contribution >= 4 is 33.9 Å². The van der Waals surface area contributed by atoms with Gasteiger partial charge in [0.2, 0.25) is 0 Å². The maximum atomic E-state index is 12.4. The normalized spacial score (nSPS) is 11.0. The number of nitrogens with one attached hydrogen (secondary N) is 1. The molecule has 136 valence electrons. The molecule has 0 radical (unpaired) electrons. The van der Waals surface area contributed by atoms with Crippen LogP contribution >= 0.6 is 0 Å². The number of carbonyl (C=O) groups is 1. The standard InChI is InChI=1S/C23H16N2O3/c1-2-13-27-18-10-7-16(8-11-18)15-24-25-23(26)22-14-20-19-6-4-3-5-17(19)9-12-21(20)28-22/h1,3-12,14-15H,13H2,(H,25,26)/b24-15-. The topological polar surface area (TPSA) is 63.8 Å². The zero-order valence-electron chi connectivity index (χ0n) is 14.9. The van der Waals surface area contributed by atoms with Gasteiger partial charge in [0, 0.05) is 5.39 Å². The summed E-state index contributed by atoms with van der Waals surface area (Å²) in [5, 5.41) is 7.02. The van der Waals surface area contributed by atoms with E-state index in [9.17, 15) is 4.79 Å². The van der Waals surface area contributed by atoms with Crippen LogP contribution in [0.2, 0.25) is 0 Å². The predicted molar refractivity (Wildman–Crippen MR) is 110 cm³/mol. The van der Waals surface area contributed by atoms with Crippen LogP contribution in [0.5, 0.6) is 5.75 Å². The van der Waals surface area contributed by atoms with Gasteiger partial charge in [0.15, 0.2) is 5.76 Å². The van der Waals surface area contributed by atoms with Crippen molar-refractivity contribution in [3.63, 3.8) is 0 Å². The number of amides is 1. The minimum Gasteiger partial charge on any atom is -0.481 e. The Morgan fingerprint density at radius 1 is 1.11 bits per heavy atom. The number of benzene rings is 3. The first-order valence-electron chi connectivity index (χ1n) is 8.65. The van der Waals surface area contributed by atoms with E-state index in [-0.39, 0.29) is 12.4 Å². The van der Waals surface area contributed by atoms with Crippen LogP contribution in [0.25, 0.3) is 21.7 Å². The van der Waals surface area contributed by atoms with Gasteiger partial charge in [-0.1, -0.05) is 36.3 Å². The van der Waals surface area contributed by atoms with E-state index < -0.39 is 5.91 Å². The van der Waals surface area contributed by atoms with Crippen molar-refractivity contribution in [2.75, 3.05) is 6.61 Å². The number of carbonyl (C=O) groups excluding carboxylic acids is 1. The second kappa shape index (κ2) is 7.68. The number of hydrogen-bond donors (Lipinski definition) is 1. The van der Waals surface area contributed by atoms with Crippen LogP contribution in [-0.2, 0) is 0 Å². The third-order valence-corrected chi connectivity index (χ3v) is 4.23. The van der Waals surface area contributed by atoms with Crippen molar-refractivity contribution in [3.8, 4) is 18.1 Å². The molecule has 0 saturated carbocycles. The molecule has 0 spiro atoms. The van der Waals surface area contributed by atoms with E-state index in [1.165, 1.54) is 0 Å². The monoisotopic (exact) mass is 368 g/mol. The number of hydrogen-bond acceptors (Lipinski definition) is 4. The summed E-state index contributed by atoms with van der Waals surface area (Å²) in [7, 11) is 0. The van der Waals surface area contributed by atoms with E-state index in [2.05, 4.69) is 16.4 Å². The van der Waals surface area contributed by atoms with Crippen molar-refractivity contribution in [2.24, 2.45) is 5.10 Å². The van der Waals surface area contributed by atoms with E-state index >= 15 is 0 Å². The zero-order chi connectivity index (χ0) is 19.3. The highest BCUT2D eigenvalue weighted by atomic mass is 16.5. The van der Waals surface area contributed by atoms with E-state index in [4.69, 9.17) is 15.6 Å². The van der Waals surface area contributed by atoms with Crippen molar-refractivity contribution in [2.45, 2.75) is 0 Å². The Balaban J connectivity index is 1.47. The molecule has 3 aromatic carbocycles. The van der Waals surface area contributed by atoms with Crippen molar-refractivity contribution in [3.05, 3.63) is 78.1 Å². The second-order valence-corrected chi connectivity index (χ2v) is 6.07. The summed E-state index contributed by atoms with van der Waals surface area (Å²) in [6.07, 6.45) is 6.70. The largest absolute Gasteiger partial charge is 0.481 e. The third-order valence-electron chi connectivity index (χ3n) is 4.23. The van der Waals surface area contributed by atoms with Gasteiger partial charge in [0.1, 0.15) is 17.9 Å². The fourth-order valence-electron chi connectivity index (χ4n) is 2.90. The summed E-state index contributed by atoms with van der Waals surface area (Å²) in [5.74, 6) is 2.88. The summed E-state index contributed by atoms with van der Waals surface area (Å²) < 4.78 is 11.0. The Hall–Kier alpha value is -4.04. The lowest BCUT2D eigenvalue weighted by atomic mass is 10.1. The molecule has 0 atom stereocenters.